The molecule has 3 aromatic rings. The van der Waals surface area contributed by atoms with Crippen LogP contribution >= 0.6 is 11.3 Å². The van der Waals surface area contributed by atoms with E-state index < -0.39 is 21.5 Å². The van der Waals surface area contributed by atoms with Crippen LogP contribution in [0.25, 0.3) is 11.1 Å². The van der Waals surface area contributed by atoms with Crippen LogP contribution in [0.4, 0.5) is 0 Å². The summed E-state index contributed by atoms with van der Waals surface area (Å²) in [5, 5.41) is 2.80. The van der Waals surface area contributed by atoms with Crippen LogP contribution in [0.1, 0.15) is 34.8 Å². The zero-order valence-electron chi connectivity index (χ0n) is 15.6. The molecule has 11 heteroatoms. The Morgan fingerprint density at radius 3 is 2.71 bits per heavy atom. The molecule has 0 saturated heterocycles. The standard InChI is InChI=1S/C17H20N4O5S2/c1-4-21(5-2)28(24,25)12-7-6-11(27-12)8-18-15(22)13-10(3)26-17-14(13)16(23)19-9-20-17/h6-7,9H,4-5,8H2,1-3H3,(H,18,22)(H,19,20,23). The number of nitrogens with zero attached hydrogens (tertiary/aromatic N) is 2. The van der Waals surface area contributed by atoms with Gasteiger partial charge >= 0.3 is 0 Å². The minimum absolute atomic E-state index is 0.0912. The number of aromatic amines is 1. The maximum atomic E-state index is 12.6. The van der Waals surface area contributed by atoms with Gasteiger partial charge in [0, 0.05) is 18.0 Å². The number of hydrogen-bond donors (Lipinski definition) is 2. The lowest BCUT2D eigenvalue weighted by Gasteiger charge is -2.16. The number of aromatic nitrogens is 2. The van der Waals surface area contributed by atoms with Crippen LogP contribution in [0.5, 0.6) is 0 Å². The lowest BCUT2D eigenvalue weighted by molar-refractivity contribution is 0.0951. The summed E-state index contributed by atoms with van der Waals surface area (Å²) in [5.74, 6) is -0.205. The van der Waals surface area contributed by atoms with E-state index in [0.29, 0.717) is 18.0 Å². The van der Waals surface area contributed by atoms with Crippen molar-refractivity contribution in [3.05, 3.63) is 45.0 Å². The zero-order valence-corrected chi connectivity index (χ0v) is 17.2. The highest BCUT2D eigenvalue weighted by atomic mass is 32.2. The third-order valence-electron chi connectivity index (χ3n) is 4.26. The Morgan fingerprint density at radius 2 is 2.04 bits per heavy atom. The van der Waals surface area contributed by atoms with Crippen molar-refractivity contribution in [2.45, 2.75) is 31.5 Å². The Kier molecular flexibility index (Phi) is 5.68. The highest BCUT2D eigenvalue weighted by Crippen LogP contribution is 2.25. The molecular weight excluding hydrogens is 404 g/mol. The number of amides is 1. The van der Waals surface area contributed by atoms with Crippen molar-refractivity contribution >= 4 is 38.4 Å². The molecule has 0 radical (unpaired) electrons. The van der Waals surface area contributed by atoms with Gasteiger partial charge in [0.2, 0.25) is 5.71 Å². The SMILES string of the molecule is CCN(CC)S(=O)(=O)c1ccc(CNC(=O)c2c(C)oc3nc[nH]c(=O)c23)s1. The van der Waals surface area contributed by atoms with Crippen LogP contribution in [-0.2, 0) is 16.6 Å². The first kappa shape index (κ1) is 20.2. The van der Waals surface area contributed by atoms with Gasteiger partial charge in [-0.05, 0) is 19.1 Å². The maximum absolute atomic E-state index is 12.6. The highest BCUT2D eigenvalue weighted by molar-refractivity contribution is 7.91. The van der Waals surface area contributed by atoms with Gasteiger partial charge in [-0.1, -0.05) is 13.8 Å². The molecule has 3 heterocycles. The molecule has 2 N–H and O–H groups in total. The Labute approximate surface area is 165 Å². The summed E-state index contributed by atoms with van der Waals surface area (Å²) in [5.41, 5.74) is -0.247. The number of carbonyl (C=O) groups excluding carboxylic acids is 1. The minimum Gasteiger partial charge on any atom is -0.442 e. The van der Waals surface area contributed by atoms with Crippen LogP contribution in [0.2, 0.25) is 0 Å². The van der Waals surface area contributed by atoms with Crippen molar-refractivity contribution in [1.82, 2.24) is 19.6 Å². The predicted molar refractivity (Wildman–Crippen MR) is 105 cm³/mol. The summed E-state index contributed by atoms with van der Waals surface area (Å²) in [6, 6.07) is 3.20. The van der Waals surface area contributed by atoms with Gasteiger partial charge in [-0.15, -0.1) is 11.3 Å². The second-order valence-electron chi connectivity index (χ2n) is 5.94. The summed E-state index contributed by atoms with van der Waals surface area (Å²) >= 11 is 1.10. The molecule has 0 saturated carbocycles. The van der Waals surface area contributed by atoms with Crippen LogP contribution < -0.4 is 10.9 Å². The molecule has 0 spiro atoms. The molecule has 0 aliphatic rings. The number of rotatable bonds is 7. The summed E-state index contributed by atoms with van der Waals surface area (Å²) < 4.78 is 32.1. The van der Waals surface area contributed by atoms with Crippen molar-refractivity contribution < 1.29 is 17.6 Å². The summed E-state index contributed by atoms with van der Waals surface area (Å²) in [6.45, 7) is 6.04. The predicted octanol–water partition coefficient (Wildman–Crippen LogP) is 1.85. The minimum atomic E-state index is -3.53. The van der Waals surface area contributed by atoms with Crippen molar-refractivity contribution in [2.24, 2.45) is 0 Å². The monoisotopic (exact) mass is 424 g/mol. The third-order valence-corrected chi connectivity index (χ3v) is 7.86. The average molecular weight is 425 g/mol. The molecule has 0 bridgehead atoms. The number of furan rings is 1. The Bertz CT molecular complexity index is 1170. The summed E-state index contributed by atoms with van der Waals surface area (Å²) in [6.07, 6.45) is 1.21. The van der Waals surface area contributed by atoms with Crippen LogP contribution in [-0.4, -0.2) is 41.7 Å². The number of carbonyl (C=O) groups is 1. The second-order valence-corrected chi connectivity index (χ2v) is 9.27. The number of fused-ring (bicyclic) bond motifs is 1. The lowest BCUT2D eigenvalue weighted by atomic mass is 10.2. The fourth-order valence-electron chi connectivity index (χ4n) is 2.87. The maximum Gasteiger partial charge on any atom is 0.262 e. The van der Waals surface area contributed by atoms with E-state index in [4.69, 9.17) is 4.42 Å². The number of hydrogen-bond acceptors (Lipinski definition) is 7. The Balaban J connectivity index is 1.79. The van der Waals surface area contributed by atoms with Crippen molar-refractivity contribution in [1.29, 1.82) is 0 Å². The largest absolute Gasteiger partial charge is 0.442 e. The molecule has 150 valence electrons. The first-order valence-corrected chi connectivity index (χ1v) is 10.9. The van der Waals surface area contributed by atoms with Crippen molar-refractivity contribution in [3.63, 3.8) is 0 Å². The molecule has 0 atom stereocenters. The molecular formula is C17H20N4O5S2. The molecule has 0 unspecified atom stereocenters. The smallest absolute Gasteiger partial charge is 0.262 e. The van der Waals surface area contributed by atoms with Gasteiger partial charge in [0.05, 0.1) is 18.4 Å². The second kappa shape index (κ2) is 7.86. The number of sulfonamides is 1. The normalized spacial score (nSPS) is 12.0. The van der Waals surface area contributed by atoms with E-state index in [0.717, 1.165) is 11.3 Å². The van der Waals surface area contributed by atoms with Gasteiger partial charge < -0.3 is 14.7 Å². The molecule has 0 aliphatic heterocycles. The molecule has 3 aromatic heterocycles. The van der Waals surface area contributed by atoms with E-state index >= 15 is 0 Å². The number of thiophene rings is 1. The molecule has 3 rings (SSSR count). The van der Waals surface area contributed by atoms with Crippen LogP contribution in [0.3, 0.4) is 0 Å². The Hall–Kier alpha value is -2.50. The molecule has 0 fully saturated rings. The molecule has 0 aliphatic carbocycles. The van der Waals surface area contributed by atoms with Crippen LogP contribution in [0, 0.1) is 6.92 Å². The highest BCUT2D eigenvalue weighted by Gasteiger charge is 2.24. The fraction of sp³-hybridized carbons (Fsp3) is 0.353. The van der Waals surface area contributed by atoms with E-state index in [1.807, 2.05) is 0 Å². The van der Waals surface area contributed by atoms with Gasteiger partial charge in [0.15, 0.2) is 0 Å². The van der Waals surface area contributed by atoms with E-state index in [9.17, 15) is 18.0 Å². The van der Waals surface area contributed by atoms with E-state index in [2.05, 4.69) is 15.3 Å². The first-order chi connectivity index (χ1) is 13.3. The third kappa shape index (κ3) is 3.60. The molecule has 1 amide bonds. The Morgan fingerprint density at radius 1 is 1.32 bits per heavy atom. The van der Waals surface area contributed by atoms with Gasteiger partial charge in [-0.2, -0.15) is 4.31 Å². The van der Waals surface area contributed by atoms with Crippen molar-refractivity contribution in [3.8, 4) is 0 Å². The summed E-state index contributed by atoms with van der Waals surface area (Å²) in [4.78, 5) is 31.6. The number of H-pyrrole nitrogens is 1. The quantitative estimate of drug-likeness (QED) is 0.596. The molecule has 28 heavy (non-hydrogen) atoms. The number of aryl methyl sites for hydroxylation is 1. The van der Waals surface area contributed by atoms with E-state index in [-0.39, 0.29) is 33.2 Å². The lowest BCUT2D eigenvalue weighted by Crippen LogP contribution is -2.30. The van der Waals surface area contributed by atoms with Gasteiger partial charge in [-0.25, -0.2) is 13.4 Å². The van der Waals surface area contributed by atoms with Crippen LogP contribution in [0.15, 0.2) is 31.9 Å². The molecule has 0 aromatic carbocycles. The van der Waals surface area contributed by atoms with E-state index in [1.54, 1.807) is 26.8 Å². The van der Waals surface area contributed by atoms with E-state index in [1.165, 1.54) is 16.7 Å². The fourth-order valence-corrected chi connectivity index (χ4v) is 5.77. The topological polar surface area (TPSA) is 125 Å². The van der Waals surface area contributed by atoms with Gasteiger partial charge in [-0.3, -0.25) is 9.59 Å². The van der Waals surface area contributed by atoms with Crippen molar-refractivity contribution in [2.75, 3.05) is 13.1 Å². The first-order valence-electron chi connectivity index (χ1n) is 8.63. The average Bonchev–Trinajstić information content (AvgIpc) is 3.25. The molecule has 9 nitrogen and oxygen atoms in total. The zero-order chi connectivity index (χ0) is 20.5. The van der Waals surface area contributed by atoms with Gasteiger partial charge in [0.1, 0.15) is 15.4 Å². The number of nitrogens with one attached hydrogen (secondary N) is 2. The summed E-state index contributed by atoms with van der Waals surface area (Å²) in [7, 11) is -3.53. The van der Waals surface area contributed by atoms with Gasteiger partial charge in [0.25, 0.3) is 21.5 Å².